The standard InChI is InChI=1S/C10H11ClF2O/c1-6-8(11)5-7(3-2-4-14)10(13)9(6)12/h5,14H,2-4H2,1H3. The van der Waals surface area contributed by atoms with Crippen LogP contribution < -0.4 is 0 Å². The third kappa shape index (κ3) is 2.22. The molecule has 1 rings (SSSR count). The molecular weight excluding hydrogens is 210 g/mol. The Morgan fingerprint density at radius 2 is 2.00 bits per heavy atom. The SMILES string of the molecule is Cc1c(Cl)cc(CCCO)c(F)c1F. The molecule has 0 aliphatic carbocycles. The van der Waals surface area contributed by atoms with Gasteiger partial charge in [-0.3, -0.25) is 0 Å². The molecule has 14 heavy (non-hydrogen) atoms. The summed E-state index contributed by atoms with van der Waals surface area (Å²) in [6, 6.07) is 1.41. The minimum atomic E-state index is -0.898. The van der Waals surface area contributed by atoms with Crippen molar-refractivity contribution in [3.8, 4) is 0 Å². The Hall–Kier alpha value is -0.670. The van der Waals surface area contributed by atoms with Gasteiger partial charge in [-0.25, -0.2) is 8.78 Å². The second-order valence-electron chi connectivity index (χ2n) is 3.10. The number of rotatable bonds is 3. The van der Waals surface area contributed by atoms with E-state index in [1.165, 1.54) is 13.0 Å². The van der Waals surface area contributed by atoms with E-state index in [2.05, 4.69) is 0 Å². The van der Waals surface area contributed by atoms with Crippen LogP contribution in [0.3, 0.4) is 0 Å². The van der Waals surface area contributed by atoms with Gasteiger partial charge in [0.15, 0.2) is 11.6 Å². The van der Waals surface area contributed by atoms with Crippen molar-refractivity contribution in [2.24, 2.45) is 0 Å². The zero-order chi connectivity index (χ0) is 10.7. The van der Waals surface area contributed by atoms with Crippen molar-refractivity contribution in [2.75, 3.05) is 6.61 Å². The predicted molar refractivity (Wildman–Crippen MR) is 51.5 cm³/mol. The number of aliphatic hydroxyl groups excluding tert-OH is 1. The van der Waals surface area contributed by atoms with E-state index in [4.69, 9.17) is 16.7 Å². The van der Waals surface area contributed by atoms with Gasteiger partial charge >= 0.3 is 0 Å². The molecular formula is C10H11ClF2O. The predicted octanol–water partition coefficient (Wildman–Crippen LogP) is 2.85. The summed E-state index contributed by atoms with van der Waals surface area (Å²) in [5.74, 6) is -1.76. The summed E-state index contributed by atoms with van der Waals surface area (Å²) in [5.41, 5.74) is 0.337. The minimum absolute atomic E-state index is 0.0491. The molecule has 1 N–H and O–H groups in total. The molecule has 0 atom stereocenters. The van der Waals surface area contributed by atoms with Crippen LogP contribution in [0.25, 0.3) is 0 Å². The van der Waals surface area contributed by atoms with Crippen LogP contribution in [0.1, 0.15) is 17.5 Å². The van der Waals surface area contributed by atoms with E-state index in [-0.39, 0.29) is 22.8 Å². The molecule has 4 heteroatoms. The van der Waals surface area contributed by atoms with Gasteiger partial charge in [-0.2, -0.15) is 0 Å². The quantitative estimate of drug-likeness (QED) is 0.777. The van der Waals surface area contributed by atoms with E-state index in [1.54, 1.807) is 0 Å². The highest BCUT2D eigenvalue weighted by Gasteiger charge is 2.13. The summed E-state index contributed by atoms with van der Waals surface area (Å²) >= 11 is 5.70. The Kier molecular flexibility index (Phi) is 3.84. The van der Waals surface area contributed by atoms with Gasteiger partial charge in [-0.05, 0) is 31.4 Å². The Morgan fingerprint density at radius 3 is 2.57 bits per heavy atom. The van der Waals surface area contributed by atoms with Crippen LogP contribution in [0.4, 0.5) is 8.78 Å². The molecule has 0 aliphatic rings. The number of hydrogen-bond acceptors (Lipinski definition) is 1. The number of aryl methyl sites for hydroxylation is 1. The summed E-state index contributed by atoms with van der Waals surface area (Å²) in [7, 11) is 0. The zero-order valence-corrected chi connectivity index (χ0v) is 8.54. The summed E-state index contributed by atoms with van der Waals surface area (Å²) in [6.45, 7) is 1.38. The van der Waals surface area contributed by atoms with Crippen molar-refractivity contribution in [3.05, 3.63) is 33.9 Å². The molecule has 0 unspecified atom stereocenters. The smallest absolute Gasteiger partial charge is 0.163 e. The number of halogens is 3. The number of benzene rings is 1. The summed E-state index contributed by atoms with van der Waals surface area (Å²) in [6.07, 6.45) is 0.689. The van der Waals surface area contributed by atoms with E-state index in [1.807, 2.05) is 0 Å². The second-order valence-corrected chi connectivity index (χ2v) is 3.50. The Balaban J connectivity index is 3.06. The largest absolute Gasteiger partial charge is 0.396 e. The first-order chi connectivity index (χ1) is 6.57. The molecule has 1 aromatic carbocycles. The Morgan fingerprint density at radius 1 is 1.36 bits per heavy atom. The maximum absolute atomic E-state index is 13.3. The summed E-state index contributed by atoms with van der Waals surface area (Å²) in [4.78, 5) is 0. The molecule has 1 aromatic rings. The first-order valence-corrected chi connectivity index (χ1v) is 4.69. The van der Waals surface area contributed by atoms with Crippen LogP contribution in [0, 0.1) is 18.6 Å². The zero-order valence-electron chi connectivity index (χ0n) is 7.78. The average molecular weight is 221 g/mol. The first-order valence-electron chi connectivity index (χ1n) is 4.31. The highest BCUT2D eigenvalue weighted by Crippen LogP contribution is 2.24. The molecule has 0 bridgehead atoms. The fourth-order valence-electron chi connectivity index (χ4n) is 1.19. The van der Waals surface area contributed by atoms with E-state index in [0.29, 0.717) is 12.8 Å². The summed E-state index contributed by atoms with van der Waals surface area (Å²) in [5, 5.41) is 8.78. The van der Waals surface area contributed by atoms with Gasteiger partial charge < -0.3 is 5.11 Å². The van der Waals surface area contributed by atoms with Crippen LogP contribution in [-0.4, -0.2) is 11.7 Å². The van der Waals surface area contributed by atoms with Crippen LogP contribution >= 0.6 is 11.6 Å². The van der Waals surface area contributed by atoms with Crippen LogP contribution in [0.5, 0.6) is 0 Å². The van der Waals surface area contributed by atoms with Gasteiger partial charge in [0.05, 0.1) is 0 Å². The third-order valence-electron chi connectivity index (χ3n) is 2.07. The Labute approximate surface area is 86.3 Å². The van der Waals surface area contributed by atoms with Crippen LogP contribution in [0.2, 0.25) is 5.02 Å². The van der Waals surface area contributed by atoms with Crippen molar-refractivity contribution in [3.63, 3.8) is 0 Å². The first kappa shape index (κ1) is 11.4. The topological polar surface area (TPSA) is 20.2 Å². The van der Waals surface area contributed by atoms with Gasteiger partial charge in [0.2, 0.25) is 0 Å². The molecule has 0 saturated carbocycles. The maximum atomic E-state index is 13.3. The van der Waals surface area contributed by atoms with Crippen molar-refractivity contribution in [2.45, 2.75) is 19.8 Å². The number of hydrogen-bond donors (Lipinski definition) is 1. The van der Waals surface area contributed by atoms with Crippen LogP contribution in [0.15, 0.2) is 6.07 Å². The van der Waals surface area contributed by atoms with Crippen LogP contribution in [-0.2, 0) is 6.42 Å². The van der Waals surface area contributed by atoms with Crippen molar-refractivity contribution in [1.29, 1.82) is 0 Å². The highest BCUT2D eigenvalue weighted by atomic mass is 35.5. The molecule has 0 amide bonds. The van der Waals surface area contributed by atoms with Crippen molar-refractivity contribution < 1.29 is 13.9 Å². The lowest BCUT2D eigenvalue weighted by Gasteiger charge is -2.07. The summed E-state index contributed by atoms with van der Waals surface area (Å²) < 4.78 is 26.4. The molecule has 0 aliphatic heterocycles. The van der Waals surface area contributed by atoms with Gasteiger partial charge in [-0.1, -0.05) is 11.6 Å². The second kappa shape index (κ2) is 4.71. The van der Waals surface area contributed by atoms with E-state index in [9.17, 15) is 8.78 Å². The maximum Gasteiger partial charge on any atom is 0.163 e. The fraction of sp³-hybridized carbons (Fsp3) is 0.400. The molecule has 0 heterocycles. The van der Waals surface area contributed by atoms with Gasteiger partial charge in [0.25, 0.3) is 0 Å². The Bertz CT molecular complexity index is 339. The molecule has 0 saturated heterocycles. The number of aliphatic hydroxyl groups is 1. The fourth-order valence-corrected chi connectivity index (χ4v) is 1.40. The minimum Gasteiger partial charge on any atom is -0.396 e. The van der Waals surface area contributed by atoms with Crippen molar-refractivity contribution in [1.82, 2.24) is 0 Å². The third-order valence-corrected chi connectivity index (χ3v) is 2.46. The van der Waals surface area contributed by atoms with Gasteiger partial charge in [-0.15, -0.1) is 0 Å². The molecule has 0 fully saturated rings. The molecule has 1 nitrogen and oxygen atoms in total. The van der Waals surface area contributed by atoms with Gasteiger partial charge in [0, 0.05) is 17.2 Å². The average Bonchev–Trinajstić information content (AvgIpc) is 2.18. The van der Waals surface area contributed by atoms with E-state index in [0.717, 1.165) is 0 Å². The van der Waals surface area contributed by atoms with E-state index >= 15 is 0 Å². The molecule has 0 aromatic heterocycles. The molecule has 0 radical (unpaired) electrons. The van der Waals surface area contributed by atoms with Gasteiger partial charge in [0.1, 0.15) is 0 Å². The van der Waals surface area contributed by atoms with Crippen molar-refractivity contribution >= 4 is 11.6 Å². The highest BCUT2D eigenvalue weighted by molar-refractivity contribution is 6.31. The van der Waals surface area contributed by atoms with E-state index < -0.39 is 11.6 Å². The lowest BCUT2D eigenvalue weighted by atomic mass is 10.1. The normalized spacial score (nSPS) is 10.6. The molecule has 0 spiro atoms. The molecule has 78 valence electrons. The lowest BCUT2D eigenvalue weighted by Crippen LogP contribution is -1.99. The monoisotopic (exact) mass is 220 g/mol. The lowest BCUT2D eigenvalue weighted by molar-refractivity contribution is 0.287.